The smallest absolute Gasteiger partial charge is 0.211 e. The van der Waals surface area contributed by atoms with Crippen LogP contribution in [0.5, 0.6) is 5.75 Å². The molecule has 0 bridgehead atoms. The molecule has 0 amide bonds. The number of ketones is 1. The minimum Gasteiger partial charge on any atom is -0.496 e. The molecule has 0 atom stereocenters. The first-order valence-electron chi connectivity index (χ1n) is 10.6. The van der Waals surface area contributed by atoms with Gasteiger partial charge in [0, 0.05) is 22.7 Å². The van der Waals surface area contributed by atoms with Gasteiger partial charge in [0.05, 0.1) is 29.6 Å². The number of hydrogen-bond acceptors (Lipinski definition) is 5. The predicted octanol–water partition coefficient (Wildman–Crippen LogP) is 6.17. The van der Waals surface area contributed by atoms with Gasteiger partial charge in [-0.2, -0.15) is 0 Å². The normalized spacial score (nSPS) is 11.1. The van der Waals surface area contributed by atoms with Gasteiger partial charge < -0.3 is 14.9 Å². The Balaban J connectivity index is 1.67. The molecule has 5 nitrogen and oxygen atoms in total. The Bertz CT molecular complexity index is 1510. The van der Waals surface area contributed by atoms with Crippen LogP contribution in [0.25, 0.3) is 27.3 Å². The Kier molecular flexibility index (Phi) is 5.23. The van der Waals surface area contributed by atoms with Gasteiger partial charge in [0.25, 0.3) is 0 Å². The van der Waals surface area contributed by atoms with E-state index in [0.717, 1.165) is 44.2 Å². The lowest BCUT2D eigenvalue weighted by atomic mass is 10.0. The highest BCUT2D eigenvalue weighted by atomic mass is 32.1. The van der Waals surface area contributed by atoms with Crippen molar-refractivity contribution in [3.05, 3.63) is 94.6 Å². The number of nitrogen functional groups attached to an aromatic ring is 1. The van der Waals surface area contributed by atoms with Gasteiger partial charge in [-0.1, -0.05) is 30.3 Å². The zero-order valence-electron chi connectivity index (χ0n) is 18.6. The third-order valence-corrected chi connectivity index (χ3v) is 6.83. The van der Waals surface area contributed by atoms with Crippen LogP contribution in [0, 0.1) is 13.8 Å². The van der Waals surface area contributed by atoms with Gasteiger partial charge in [-0.3, -0.25) is 4.79 Å². The molecule has 0 saturated heterocycles. The zero-order chi connectivity index (χ0) is 23.1. The maximum atomic E-state index is 13.6. The van der Waals surface area contributed by atoms with E-state index >= 15 is 0 Å². The predicted molar refractivity (Wildman–Crippen MR) is 134 cm³/mol. The number of anilines is 1. The Morgan fingerprint density at radius 1 is 1.03 bits per heavy atom. The number of carbonyl (C=O) groups excluding carboxylic acids is 1. The first-order valence-corrected chi connectivity index (χ1v) is 11.5. The zero-order valence-corrected chi connectivity index (χ0v) is 19.4. The van der Waals surface area contributed by atoms with Gasteiger partial charge in [-0.25, -0.2) is 4.98 Å². The molecule has 3 aromatic heterocycles. The number of carbonyl (C=O) groups is 1. The number of methoxy groups -OCH3 is 1. The number of aromatic nitrogens is 2. The van der Waals surface area contributed by atoms with E-state index in [1.165, 1.54) is 11.3 Å². The van der Waals surface area contributed by atoms with Crippen molar-refractivity contribution in [2.75, 3.05) is 12.8 Å². The number of benzene rings is 2. The van der Waals surface area contributed by atoms with Crippen LogP contribution in [0.3, 0.4) is 0 Å². The second-order valence-corrected chi connectivity index (χ2v) is 8.82. The summed E-state index contributed by atoms with van der Waals surface area (Å²) >= 11 is 1.50. The third-order valence-electron chi connectivity index (χ3n) is 5.97. The number of ether oxygens (including phenoxy) is 1. The van der Waals surface area contributed by atoms with Crippen molar-refractivity contribution in [3.63, 3.8) is 0 Å². The van der Waals surface area contributed by atoms with Gasteiger partial charge in [0.15, 0.2) is 0 Å². The molecular formula is C27H23N3O2S. The second kappa shape index (κ2) is 8.22. The van der Waals surface area contributed by atoms with Crippen LogP contribution >= 0.6 is 11.3 Å². The molecule has 33 heavy (non-hydrogen) atoms. The van der Waals surface area contributed by atoms with Crippen molar-refractivity contribution in [1.29, 1.82) is 0 Å². The number of nitrogens with two attached hydrogens (primary N) is 1. The molecule has 0 unspecified atom stereocenters. The quantitative estimate of drug-likeness (QED) is 0.323. The van der Waals surface area contributed by atoms with Crippen LogP contribution in [0.1, 0.15) is 27.2 Å². The van der Waals surface area contributed by atoms with Gasteiger partial charge in [-0.05, 0) is 55.3 Å². The molecule has 2 N–H and O–H groups in total. The summed E-state index contributed by atoms with van der Waals surface area (Å²) in [7, 11) is 1.65. The lowest BCUT2D eigenvalue weighted by Crippen LogP contribution is -2.08. The fourth-order valence-corrected chi connectivity index (χ4v) is 4.96. The molecule has 0 spiro atoms. The van der Waals surface area contributed by atoms with Crippen molar-refractivity contribution in [1.82, 2.24) is 9.38 Å². The molecule has 2 aromatic carbocycles. The Hall–Kier alpha value is -3.90. The summed E-state index contributed by atoms with van der Waals surface area (Å²) in [6, 6.07) is 19.3. The van der Waals surface area contributed by atoms with E-state index in [1.54, 1.807) is 7.11 Å². The molecule has 0 radical (unpaired) electrons. The number of aryl methyl sites for hydroxylation is 2. The van der Waals surface area contributed by atoms with E-state index < -0.39 is 0 Å². The molecule has 0 saturated carbocycles. The second-order valence-electron chi connectivity index (χ2n) is 7.96. The van der Waals surface area contributed by atoms with Crippen molar-refractivity contribution < 1.29 is 9.53 Å². The van der Waals surface area contributed by atoms with Crippen LogP contribution in [0.2, 0.25) is 0 Å². The van der Waals surface area contributed by atoms with Crippen LogP contribution < -0.4 is 10.5 Å². The molecule has 164 valence electrons. The van der Waals surface area contributed by atoms with Crippen LogP contribution in [0.4, 0.5) is 5.69 Å². The highest BCUT2D eigenvalue weighted by Gasteiger charge is 2.25. The third kappa shape index (κ3) is 3.49. The largest absolute Gasteiger partial charge is 0.496 e. The summed E-state index contributed by atoms with van der Waals surface area (Å²) in [6.45, 7) is 4.04. The number of hydrogen-bond donors (Lipinski definition) is 1. The number of para-hydroxylation sites is 1. The average Bonchev–Trinajstić information content (AvgIpc) is 3.42. The van der Waals surface area contributed by atoms with Gasteiger partial charge in [0.1, 0.15) is 16.5 Å². The minimum atomic E-state index is -0.107. The molecule has 0 aliphatic carbocycles. The molecule has 0 aliphatic heterocycles. The van der Waals surface area contributed by atoms with Crippen molar-refractivity contribution in [3.8, 4) is 27.6 Å². The average molecular weight is 454 g/mol. The molecular weight excluding hydrogens is 430 g/mol. The Morgan fingerprint density at radius 2 is 1.82 bits per heavy atom. The number of fused-ring (bicyclic) bond motifs is 1. The maximum absolute atomic E-state index is 13.6. The Labute approximate surface area is 196 Å². The fourth-order valence-electron chi connectivity index (χ4n) is 4.07. The lowest BCUT2D eigenvalue weighted by Gasteiger charge is -2.06. The molecule has 5 rings (SSSR count). The van der Waals surface area contributed by atoms with E-state index in [4.69, 9.17) is 15.5 Å². The van der Waals surface area contributed by atoms with Gasteiger partial charge >= 0.3 is 0 Å². The monoisotopic (exact) mass is 453 g/mol. The van der Waals surface area contributed by atoms with E-state index in [0.29, 0.717) is 16.9 Å². The number of nitrogens with zero attached hydrogens (tertiary/aromatic N) is 2. The number of thiazole rings is 1. The SMILES string of the molecule is COc1ccccc1-c1csc(-c2c(N)c(C(=O)c3ccc(C)c(C)c3)n3ccccc23)n1. The summed E-state index contributed by atoms with van der Waals surface area (Å²) in [5.41, 5.74) is 13.7. The number of rotatable bonds is 5. The van der Waals surface area contributed by atoms with Gasteiger partial charge in [0.2, 0.25) is 5.78 Å². The van der Waals surface area contributed by atoms with E-state index in [1.807, 2.05) is 90.5 Å². The Morgan fingerprint density at radius 3 is 2.61 bits per heavy atom. The minimum absolute atomic E-state index is 0.107. The summed E-state index contributed by atoms with van der Waals surface area (Å²) in [5, 5.41) is 2.75. The first kappa shape index (κ1) is 21.0. The molecule has 5 aromatic rings. The lowest BCUT2D eigenvalue weighted by molar-refractivity contribution is 0.103. The highest BCUT2D eigenvalue weighted by molar-refractivity contribution is 7.13. The molecule has 3 heterocycles. The van der Waals surface area contributed by atoms with Gasteiger partial charge in [-0.15, -0.1) is 11.3 Å². The molecule has 0 fully saturated rings. The summed E-state index contributed by atoms with van der Waals surface area (Å²) in [5.74, 6) is 0.652. The van der Waals surface area contributed by atoms with Crippen LogP contribution in [-0.4, -0.2) is 22.3 Å². The summed E-state index contributed by atoms with van der Waals surface area (Å²) in [4.78, 5) is 18.4. The molecule has 0 aliphatic rings. The first-order chi connectivity index (χ1) is 16.0. The van der Waals surface area contributed by atoms with E-state index in [9.17, 15) is 4.79 Å². The van der Waals surface area contributed by atoms with Crippen molar-refractivity contribution >= 4 is 28.3 Å². The topological polar surface area (TPSA) is 69.6 Å². The summed E-state index contributed by atoms with van der Waals surface area (Å²) < 4.78 is 7.37. The van der Waals surface area contributed by atoms with Crippen LogP contribution in [-0.2, 0) is 0 Å². The molecule has 6 heteroatoms. The maximum Gasteiger partial charge on any atom is 0.211 e. The van der Waals surface area contributed by atoms with Crippen LogP contribution in [0.15, 0.2) is 72.2 Å². The standard InChI is InChI=1S/C27H23N3O2S/c1-16-11-12-18(14-17(16)2)26(31)25-24(28)23(21-9-6-7-13-30(21)25)27-29-20(15-33-27)19-8-4-5-10-22(19)32-3/h4-15H,28H2,1-3H3. The van der Waals surface area contributed by atoms with Crippen molar-refractivity contribution in [2.45, 2.75) is 13.8 Å². The number of pyridine rings is 1. The fraction of sp³-hybridized carbons (Fsp3) is 0.111. The summed E-state index contributed by atoms with van der Waals surface area (Å²) in [6.07, 6.45) is 1.87. The van der Waals surface area contributed by atoms with Crippen molar-refractivity contribution in [2.24, 2.45) is 0 Å². The highest BCUT2D eigenvalue weighted by Crippen LogP contribution is 2.40. The van der Waals surface area contributed by atoms with E-state index in [2.05, 4.69) is 0 Å². The van der Waals surface area contributed by atoms with E-state index in [-0.39, 0.29) is 5.78 Å².